The third kappa shape index (κ3) is 3.95. The highest BCUT2D eigenvalue weighted by Crippen LogP contribution is 2.43. The largest absolute Gasteiger partial charge is 0.352 e. The molecule has 3 aromatic rings. The van der Waals surface area contributed by atoms with Gasteiger partial charge < -0.3 is 14.8 Å². The van der Waals surface area contributed by atoms with Crippen LogP contribution in [0.25, 0.3) is 0 Å². The van der Waals surface area contributed by atoms with Crippen molar-refractivity contribution < 1.29 is 0 Å². The van der Waals surface area contributed by atoms with Crippen LogP contribution in [0.15, 0.2) is 60.8 Å². The minimum Gasteiger partial charge on any atom is -0.352 e. The van der Waals surface area contributed by atoms with Gasteiger partial charge in [0.2, 0.25) is 0 Å². The lowest BCUT2D eigenvalue weighted by Crippen LogP contribution is -2.29. The summed E-state index contributed by atoms with van der Waals surface area (Å²) in [6.07, 6.45) is 8.49. The normalized spacial score (nSPS) is 21.7. The smallest absolute Gasteiger partial charge is 0.170 e. The first-order valence-corrected chi connectivity index (χ1v) is 12.2. The molecular formula is C27H32N4S. The van der Waals surface area contributed by atoms with Crippen LogP contribution >= 0.6 is 12.2 Å². The monoisotopic (exact) mass is 444 g/mol. The molecule has 2 aromatic heterocycles. The van der Waals surface area contributed by atoms with Crippen LogP contribution in [-0.4, -0.2) is 19.6 Å². The van der Waals surface area contributed by atoms with Gasteiger partial charge in [0, 0.05) is 30.2 Å². The molecule has 1 saturated carbocycles. The summed E-state index contributed by atoms with van der Waals surface area (Å²) in [6, 6.07) is 19.9. The predicted octanol–water partition coefficient (Wildman–Crippen LogP) is 6.18. The molecule has 2 atom stereocenters. The number of pyridine rings is 1. The molecule has 0 unspecified atom stereocenters. The molecule has 2 aliphatic rings. The minimum atomic E-state index is 0.0349. The van der Waals surface area contributed by atoms with Gasteiger partial charge in [-0.05, 0) is 68.2 Å². The Balaban J connectivity index is 1.57. The summed E-state index contributed by atoms with van der Waals surface area (Å²) in [7, 11) is 0. The van der Waals surface area contributed by atoms with Crippen LogP contribution in [0.2, 0.25) is 0 Å². The second-order valence-corrected chi connectivity index (χ2v) is 9.62. The van der Waals surface area contributed by atoms with Crippen LogP contribution in [0.1, 0.15) is 78.4 Å². The summed E-state index contributed by atoms with van der Waals surface area (Å²) in [6.45, 7) is 5.35. The highest BCUT2D eigenvalue weighted by Gasteiger charge is 2.41. The average Bonchev–Trinajstić information content (AvgIpc) is 3.30. The molecule has 0 amide bonds. The van der Waals surface area contributed by atoms with Crippen molar-refractivity contribution >= 4 is 17.3 Å². The maximum atomic E-state index is 5.88. The first kappa shape index (κ1) is 21.2. The van der Waals surface area contributed by atoms with Crippen molar-refractivity contribution in [1.82, 2.24) is 19.8 Å². The average molecular weight is 445 g/mol. The summed E-state index contributed by atoms with van der Waals surface area (Å²) >= 11 is 5.88. The Morgan fingerprint density at radius 3 is 2.47 bits per heavy atom. The van der Waals surface area contributed by atoms with E-state index in [0.29, 0.717) is 6.04 Å². The Hall–Kier alpha value is -2.66. The SMILES string of the molecule is Cc1cc([C@H]2[C@@H](c3ccccn3)NC(=S)N2Cc2ccccc2)c(C)n1C1CCCCC1. The molecule has 32 heavy (non-hydrogen) atoms. The molecule has 3 heterocycles. The van der Waals surface area contributed by atoms with E-state index in [9.17, 15) is 0 Å². The molecule has 0 spiro atoms. The zero-order chi connectivity index (χ0) is 22.1. The van der Waals surface area contributed by atoms with Crippen molar-refractivity contribution in [3.8, 4) is 0 Å². The van der Waals surface area contributed by atoms with Crippen molar-refractivity contribution in [2.24, 2.45) is 0 Å². The number of nitrogens with one attached hydrogen (secondary N) is 1. The van der Waals surface area contributed by atoms with Crippen LogP contribution in [0, 0.1) is 13.8 Å². The minimum absolute atomic E-state index is 0.0349. The number of aryl methyl sites for hydroxylation is 1. The third-order valence-corrected chi connectivity index (χ3v) is 7.53. The first-order chi connectivity index (χ1) is 15.6. The Bertz CT molecular complexity index is 1070. The lowest BCUT2D eigenvalue weighted by Gasteiger charge is -2.30. The van der Waals surface area contributed by atoms with E-state index in [-0.39, 0.29) is 12.1 Å². The molecule has 1 saturated heterocycles. The maximum absolute atomic E-state index is 5.88. The summed E-state index contributed by atoms with van der Waals surface area (Å²) in [5.41, 5.74) is 6.42. The summed E-state index contributed by atoms with van der Waals surface area (Å²) in [5.74, 6) is 0. The summed E-state index contributed by atoms with van der Waals surface area (Å²) < 4.78 is 2.60. The number of hydrogen-bond donors (Lipinski definition) is 1. The fourth-order valence-corrected chi connectivity index (χ4v) is 6.00. The van der Waals surface area contributed by atoms with Crippen molar-refractivity contribution in [3.63, 3.8) is 0 Å². The van der Waals surface area contributed by atoms with E-state index in [4.69, 9.17) is 17.2 Å². The topological polar surface area (TPSA) is 33.1 Å². The van der Waals surface area contributed by atoms with Crippen molar-refractivity contribution in [3.05, 3.63) is 89.0 Å². The summed E-state index contributed by atoms with van der Waals surface area (Å²) in [4.78, 5) is 7.06. The number of aromatic nitrogens is 2. The van der Waals surface area contributed by atoms with E-state index >= 15 is 0 Å². The van der Waals surface area contributed by atoms with Gasteiger partial charge in [0.25, 0.3) is 0 Å². The van der Waals surface area contributed by atoms with Gasteiger partial charge in [0.1, 0.15) is 0 Å². The molecule has 166 valence electrons. The zero-order valence-corrected chi connectivity index (χ0v) is 19.8. The number of nitrogens with zero attached hydrogens (tertiary/aromatic N) is 3. The van der Waals surface area contributed by atoms with Crippen LogP contribution in [-0.2, 0) is 6.54 Å². The zero-order valence-electron chi connectivity index (χ0n) is 19.0. The third-order valence-electron chi connectivity index (χ3n) is 7.18. The van der Waals surface area contributed by atoms with Crippen LogP contribution < -0.4 is 5.32 Å². The molecule has 2 fully saturated rings. The van der Waals surface area contributed by atoms with Gasteiger partial charge in [-0.3, -0.25) is 4.98 Å². The van der Waals surface area contributed by atoms with Gasteiger partial charge in [0.05, 0.1) is 17.8 Å². The van der Waals surface area contributed by atoms with Crippen LogP contribution in [0.3, 0.4) is 0 Å². The van der Waals surface area contributed by atoms with Crippen molar-refractivity contribution in [2.75, 3.05) is 0 Å². The Morgan fingerprint density at radius 1 is 1.00 bits per heavy atom. The Labute approximate surface area is 196 Å². The molecule has 1 aliphatic carbocycles. The molecule has 5 rings (SSSR count). The summed E-state index contributed by atoms with van der Waals surface area (Å²) in [5, 5.41) is 4.41. The van der Waals surface area contributed by atoms with E-state index in [1.165, 1.54) is 54.6 Å². The van der Waals surface area contributed by atoms with Gasteiger partial charge >= 0.3 is 0 Å². The molecule has 1 aliphatic heterocycles. The second-order valence-electron chi connectivity index (χ2n) is 9.23. The van der Waals surface area contributed by atoms with Gasteiger partial charge in [-0.15, -0.1) is 0 Å². The lowest BCUT2D eigenvalue weighted by atomic mass is 9.94. The lowest BCUT2D eigenvalue weighted by molar-refractivity contribution is 0.306. The van der Waals surface area contributed by atoms with Gasteiger partial charge in [-0.2, -0.15) is 0 Å². The van der Waals surface area contributed by atoms with E-state index in [0.717, 1.165) is 17.4 Å². The fourth-order valence-electron chi connectivity index (χ4n) is 5.70. The first-order valence-electron chi connectivity index (χ1n) is 11.8. The molecule has 1 N–H and O–H groups in total. The van der Waals surface area contributed by atoms with Crippen LogP contribution in [0.4, 0.5) is 0 Å². The number of rotatable bonds is 5. The van der Waals surface area contributed by atoms with E-state index < -0.39 is 0 Å². The van der Waals surface area contributed by atoms with E-state index in [1.54, 1.807) is 0 Å². The van der Waals surface area contributed by atoms with E-state index in [1.807, 2.05) is 12.3 Å². The quantitative estimate of drug-likeness (QED) is 0.477. The maximum Gasteiger partial charge on any atom is 0.170 e. The predicted molar refractivity (Wildman–Crippen MR) is 133 cm³/mol. The highest BCUT2D eigenvalue weighted by molar-refractivity contribution is 7.80. The molecule has 4 nitrogen and oxygen atoms in total. The number of benzene rings is 1. The molecule has 5 heteroatoms. The molecule has 1 aromatic carbocycles. The second kappa shape index (κ2) is 9.07. The van der Waals surface area contributed by atoms with Gasteiger partial charge in [-0.25, -0.2) is 0 Å². The van der Waals surface area contributed by atoms with E-state index in [2.05, 4.69) is 77.2 Å². The molecule has 0 radical (unpaired) electrons. The van der Waals surface area contributed by atoms with Crippen LogP contribution in [0.5, 0.6) is 0 Å². The Kier molecular flexibility index (Phi) is 6.01. The van der Waals surface area contributed by atoms with Gasteiger partial charge in [0.15, 0.2) is 5.11 Å². The van der Waals surface area contributed by atoms with Crippen molar-refractivity contribution in [2.45, 2.75) is 70.6 Å². The number of thiocarbonyl (C=S) groups is 1. The molecule has 0 bridgehead atoms. The number of hydrogen-bond acceptors (Lipinski definition) is 2. The molecular weight excluding hydrogens is 412 g/mol. The Morgan fingerprint density at radius 2 is 1.75 bits per heavy atom. The van der Waals surface area contributed by atoms with Crippen molar-refractivity contribution in [1.29, 1.82) is 0 Å². The highest BCUT2D eigenvalue weighted by atomic mass is 32.1. The standard InChI is InChI=1S/C27H32N4S/c1-19-17-23(20(2)31(19)22-13-7-4-8-14-22)26-25(24-15-9-10-16-28-24)29-27(32)30(26)18-21-11-5-3-6-12-21/h3,5-6,9-12,15-17,22,25-26H,4,7-8,13-14,18H2,1-2H3,(H,29,32)/t25-,26+/m1/s1. The van der Waals surface area contributed by atoms with Gasteiger partial charge in [-0.1, -0.05) is 55.7 Å². The fraction of sp³-hybridized carbons (Fsp3) is 0.407.